The van der Waals surface area contributed by atoms with Gasteiger partial charge >= 0.3 is 7.60 Å². The number of anilines is 1. The number of nitrogens with one attached hydrogen (secondary N) is 1. The SMILES string of the molecule is CC(=O)Nc1ccc(OCOP(C)(=O)OCc2ccccc2)cc1. The minimum Gasteiger partial charge on any atom is -0.467 e. The van der Waals surface area contributed by atoms with Crippen molar-refractivity contribution in [2.24, 2.45) is 0 Å². The predicted molar refractivity (Wildman–Crippen MR) is 92.1 cm³/mol. The predicted octanol–water partition coefficient (Wildman–Crippen LogP) is 4.04. The van der Waals surface area contributed by atoms with Gasteiger partial charge in [0.25, 0.3) is 0 Å². The van der Waals surface area contributed by atoms with Gasteiger partial charge in [-0.25, -0.2) is 0 Å². The van der Waals surface area contributed by atoms with Crippen molar-refractivity contribution in [3.8, 4) is 5.75 Å². The van der Waals surface area contributed by atoms with Gasteiger partial charge in [0.1, 0.15) is 5.75 Å². The average Bonchev–Trinajstić information content (AvgIpc) is 2.55. The third-order valence-electron chi connectivity index (χ3n) is 3.00. The first kappa shape index (κ1) is 18.2. The van der Waals surface area contributed by atoms with Crippen LogP contribution in [0, 0.1) is 0 Å². The Balaban J connectivity index is 1.75. The maximum Gasteiger partial charge on any atom is 0.330 e. The van der Waals surface area contributed by atoms with Crippen molar-refractivity contribution < 1.29 is 23.1 Å². The van der Waals surface area contributed by atoms with Crippen molar-refractivity contribution >= 4 is 19.2 Å². The molecule has 1 unspecified atom stereocenters. The molecule has 24 heavy (non-hydrogen) atoms. The smallest absolute Gasteiger partial charge is 0.330 e. The van der Waals surface area contributed by atoms with Gasteiger partial charge in [0.05, 0.1) is 6.61 Å². The van der Waals surface area contributed by atoms with Gasteiger partial charge in [-0.05, 0) is 29.8 Å². The molecule has 1 amide bonds. The molecule has 1 atom stereocenters. The van der Waals surface area contributed by atoms with Crippen LogP contribution in [-0.2, 0) is 25.0 Å². The zero-order valence-electron chi connectivity index (χ0n) is 13.6. The fourth-order valence-electron chi connectivity index (χ4n) is 1.83. The summed E-state index contributed by atoms with van der Waals surface area (Å²) in [5.41, 5.74) is 1.58. The van der Waals surface area contributed by atoms with Gasteiger partial charge in [-0.15, -0.1) is 0 Å². The number of carbonyl (C=O) groups is 1. The van der Waals surface area contributed by atoms with Crippen LogP contribution in [0.1, 0.15) is 12.5 Å². The van der Waals surface area contributed by atoms with E-state index in [4.69, 9.17) is 13.8 Å². The normalized spacial score (nSPS) is 13.1. The molecule has 2 aromatic carbocycles. The molecule has 7 heteroatoms. The van der Waals surface area contributed by atoms with Gasteiger partial charge in [-0.2, -0.15) is 0 Å². The lowest BCUT2D eigenvalue weighted by Crippen LogP contribution is -2.06. The summed E-state index contributed by atoms with van der Waals surface area (Å²) in [6.07, 6.45) is 0. The van der Waals surface area contributed by atoms with Crippen LogP contribution in [0.25, 0.3) is 0 Å². The maximum absolute atomic E-state index is 12.2. The van der Waals surface area contributed by atoms with E-state index >= 15 is 0 Å². The van der Waals surface area contributed by atoms with E-state index in [1.54, 1.807) is 24.3 Å². The third kappa shape index (κ3) is 6.54. The molecule has 0 fully saturated rings. The van der Waals surface area contributed by atoms with Crippen molar-refractivity contribution in [2.45, 2.75) is 13.5 Å². The molecule has 0 saturated heterocycles. The van der Waals surface area contributed by atoms with E-state index in [1.165, 1.54) is 13.6 Å². The molecule has 0 radical (unpaired) electrons. The second-order valence-corrected chi connectivity index (χ2v) is 7.19. The van der Waals surface area contributed by atoms with Crippen LogP contribution in [0.2, 0.25) is 0 Å². The van der Waals surface area contributed by atoms with Gasteiger partial charge in [0, 0.05) is 19.3 Å². The molecular weight excluding hydrogens is 329 g/mol. The Labute approximate surface area is 141 Å². The molecule has 0 heterocycles. The molecule has 1 N–H and O–H groups in total. The van der Waals surface area contributed by atoms with Crippen molar-refractivity contribution in [3.05, 3.63) is 60.2 Å². The highest BCUT2D eigenvalue weighted by Gasteiger charge is 2.17. The summed E-state index contributed by atoms with van der Waals surface area (Å²) in [5, 5.41) is 2.65. The van der Waals surface area contributed by atoms with E-state index in [2.05, 4.69) is 5.32 Å². The number of ether oxygens (including phenoxy) is 1. The van der Waals surface area contributed by atoms with E-state index in [1.807, 2.05) is 30.3 Å². The average molecular weight is 349 g/mol. The van der Waals surface area contributed by atoms with Crippen LogP contribution in [-0.4, -0.2) is 19.4 Å². The molecular formula is C17H20NO5P. The zero-order chi connectivity index (χ0) is 17.4. The Kier molecular flexibility index (Phi) is 6.55. The van der Waals surface area contributed by atoms with E-state index in [-0.39, 0.29) is 19.3 Å². The second kappa shape index (κ2) is 8.64. The summed E-state index contributed by atoms with van der Waals surface area (Å²) < 4.78 is 28.1. The zero-order valence-corrected chi connectivity index (χ0v) is 14.5. The van der Waals surface area contributed by atoms with Crippen molar-refractivity contribution in [3.63, 3.8) is 0 Å². The lowest BCUT2D eigenvalue weighted by atomic mass is 10.2. The molecule has 0 aliphatic heterocycles. The minimum atomic E-state index is -3.21. The van der Waals surface area contributed by atoms with Crippen molar-refractivity contribution in [1.82, 2.24) is 0 Å². The molecule has 0 bridgehead atoms. The topological polar surface area (TPSA) is 73.9 Å². The summed E-state index contributed by atoms with van der Waals surface area (Å²) >= 11 is 0. The fourth-order valence-corrected chi connectivity index (χ4v) is 2.53. The largest absolute Gasteiger partial charge is 0.467 e. The van der Waals surface area contributed by atoms with Gasteiger partial charge < -0.3 is 14.6 Å². The van der Waals surface area contributed by atoms with E-state index < -0.39 is 7.60 Å². The number of rotatable bonds is 8. The van der Waals surface area contributed by atoms with Gasteiger partial charge in [-0.1, -0.05) is 30.3 Å². The second-order valence-electron chi connectivity index (χ2n) is 5.13. The van der Waals surface area contributed by atoms with Crippen molar-refractivity contribution in [2.75, 3.05) is 18.8 Å². The summed E-state index contributed by atoms with van der Waals surface area (Å²) in [5.74, 6) is 0.390. The van der Waals surface area contributed by atoms with Gasteiger partial charge in [0.2, 0.25) is 5.91 Å². The number of benzene rings is 2. The van der Waals surface area contributed by atoms with Crippen LogP contribution >= 0.6 is 7.60 Å². The van der Waals surface area contributed by atoms with Crippen LogP contribution in [0.3, 0.4) is 0 Å². The monoisotopic (exact) mass is 349 g/mol. The summed E-state index contributed by atoms with van der Waals surface area (Å²) in [7, 11) is -3.21. The molecule has 0 aliphatic carbocycles. The van der Waals surface area contributed by atoms with Crippen LogP contribution in [0.15, 0.2) is 54.6 Å². The maximum atomic E-state index is 12.2. The molecule has 2 rings (SSSR count). The number of carbonyl (C=O) groups excluding carboxylic acids is 1. The molecule has 0 spiro atoms. The van der Waals surface area contributed by atoms with Crippen LogP contribution < -0.4 is 10.1 Å². The highest BCUT2D eigenvalue weighted by Crippen LogP contribution is 2.44. The number of amides is 1. The standard InChI is InChI=1S/C17H20NO5P/c1-14(19)18-16-8-10-17(11-9-16)21-13-23-24(2,20)22-12-15-6-4-3-5-7-15/h3-11H,12-13H2,1-2H3,(H,18,19). The molecule has 0 aliphatic rings. The molecule has 6 nitrogen and oxygen atoms in total. The van der Waals surface area contributed by atoms with Gasteiger partial charge in [-0.3, -0.25) is 13.9 Å². The number of hydrogen-bond acceptors (Lipinski definition) is 5. The molecule has 0 saturated carbocycles. The Morgan fingerprint density at radius 3 is 2.33 bits per heavy atom. The minimum absolute atomic E-state index is 0.144. The first-order valence-electron chi connectivity index (χ1n) is 7.35. The van der Waals surface area contributed by atoms with Crippen molar-refractivity contribution in [1.29, 1.82) is 0 Å². The summed E-state index contributed by atoms with van der Waals surface area (Å²) in [6.45, 7) is 2.85. The first-order chi connectivity index (χ1) is 11.4. The van der Waals surface area contributed by atoms with E-state index in [0.717, 1.165) is 5.56 Å². The lowest BCUT2D eigenvalue weighted by molar-refractivity contribution is -0.114. The van der Waals surface area contributed by atoms with Gasteiger partial charge in [0.15, 0.2) is 6.79 Å². The fraction of sp³-hybridized carbons (Fsp3) is 0.235. The number of hydrogen-bond donors (Lipinski definition) is 1. The Hall–Kier alpha value is -2.14. The third-order valence-corrected chi connectivity index (χ3v) is 4.17. The molecule has 128 valence electrons. The van der Waals surface area contributed by atoms with E-state index in [9.17, 15) is 9.36 Å². The Bertz CT molecular complexity index is 703. The Morgan fingerprint density at radius 2 is 1.71 bits per heavy atom. The summed E-state index contributed by atoms with van der Waals surface area (Å²) in [4.78, 5) is 10.9. The highest BCUT2D eigenvalue weighted by molar-refractivity contribution is 7.52. The van der Waals surface area contributed by atoms with Crippen LogP contribution in [0.5, 0.6) is 5.75 Å². The lowest BCUT2D eigenvalue weighted by Gasteiger charge is -2.15. The Morgan fingerprint density at radius 1 is 1.04 bits per heavy atom. The van der Waals surface area contributed by atoms with Crippen LogP contribution in [0.4, 0.5) is 5.69 Å². The molecule has 0 aromatic heterocycles. The quantitative estimate of drug-likeness (QED) is 0.575. The summed E-state index contributed by atoms with van der Waals surface area (Å²) in [6, 6.07) is 16.2. The first-order valence-corrected chi connectivity index (χ1v) is 9.34. The van der Waals surface area contributed by atoms with E-state index in [0.29, 0.717) is 11.4 Å². The highest BCUT2D eigenvalue weighted by atomic mass is 31.2. The molecule has 2 aromatic rings.